The van der Waals surface area contributed by atoms with Crippen LogP contribution in [0, 0.1) is 0 Å². The normalized spacial score (nSPS) is 10.5. The molecule has 0 spiro atoms. The molecule has 0 heterocycles. The summed E-state index contributed by atoms with van der Waals surface area (Å²) >= 11 is 0. The Hall–Kier alpha value is -2.29. The minimum Gasteiger partial charge on any atom is -0.399 e. The number of aryl methyl sites for hydroxylation is 2. The van der Waals surface area contributed by atoms with Crippen molar-refractivity contribution in [1.82, 2.24) is 0 Å². The summed E-state index contributed by atoms with van der Waals surface area (Å²) in [6.07, 6.45) is 1.72. The van der Waals surface area contributed by atoms with Gasteiger partial charge in [0.05, 0.1) is 0 Å². The molecule has 2 rings (SSSR count). The number of anilines is 2. The van der Waals surface area contributed by atoms with Crippen LogP contribution in [0.15, 0.2) is 36.4 Å². The molecule has 4 N–H and O–H groups in total. The first-order valence-corrected chi connectivity index (χ1v) is 6.88. The summed E-state index contributed by atoms with van der Waals surface area (Å²) in [5.41, 5.74) is 16.0. The predicted molar refractivity (Wildman–Crippen MR) is 83.9 cm³/mol. The smallest absolute Gasteiger partial charge is 0.195 e. The molecule has 0 atom stereocenters. The molecule has 20 heavy (non-hydrogen) atoms. The fraction of sp³-hybridized carbons (Fsp3) is 0.235. The van der Waals surface area contributed by atoms with Crippen LogP contribution < -0.4 is 11.5 Å². The quantitative estimate of drug-likeness (QED) is 0.661. The van der Waals surface area contributed by atoms with Crippen LogP contribution in [0.5, 0.6) is 0 Å². The van der Waals surface area contributed by atoms with Crippen LogP contribution in [0.2, 0.25) is 0 Å². The zero-order chi connectivity index (χ0) is 14.7. The minimum absolute atomic E-state index is 0.0327. The lowest BCUT2D eigenvalue weighted by Gasteiger charge is -2.11. The van der Waals surface area contributed by atoms with Crippen molar-refractivity contribution < 1.29 is 4.79 Å². The summed E-state index contributed by atoms with van der Waals surface area (Å²) in [4.78, 5) is 12.7. The molecule has 0 aliphatic carbocycles. The van der Waals surface area contributed by atoms with Crippen molar-refractivity contribution in [2.75, 3.05) is 11.5 Å². The molecule has 0 aliphatic rings. The second-order valence-corrected chi connectivity index (χ2v) is 4.87. The molecule has 3 heteroatoms. The summed E-state index contributed by atoms with van der Waals surface area (Å²) in [6.45, 7) is 4.12. The van der Waals surface area contributed by atoms with Crippen molar-refractivity contribution in [2.24, 2.45) is 0 Å². The molecule has 2 aromatic carbocycles. The maximum Gasteiger partial charge on any atom is 0.195 e. The van der Waals surface area contributed by atoms with Crippen LogP contribution in [0.1, 0.15) is 40.9 Å². The monoisotopic (exact) mass is 268 g/mol. The van der Waals surface area contributed by atoms with Gasteiger partial charge in [-0.05, 0) is 48.2 Å². The molecule has 3 nitrogen and oxygen atoms in total. The fourth-order valence-corrected chi connectivity index (χ4v) is 2.30. The zero-order valence-corrected chi connectivity index (χ0v) is 11.9. The lowest BCUT2D eigenvalue weighted by atomic mass is 9.93. The lowest BCUT2D eigenvalue weighted by molar-refractivity contribution is 0.103. The highest BCUT2D eigenvalue weighted by molar-refractivity contribution is 6.13. The van der Waals surface area contributed by atoms with Gasteiger partial charge in [-0.3, -0.25) is 4.79 Å². The minimum atomic E-state index is -0.0327. The van der Waals surface area contributed by atoms with E-state index in [2.05, 4.69) is 13.0 Å². The van der Waals surface area contributed by atoms with E-state index in [4.69, 9.17) is 11.5 Å². The van der Waals surface area contributed by atoms with Gasteiger partial charge in [0.25, 0.3) is 0 Å². The van der Waals surface area contributed by atoms with Gasteiger partial charge >= 0.3 is 0 Å². The molecular weight excluding hydrogens is 248 g/mol. The summed E-state index contributed by atoms with van der Waals surface area (Å²) in [6, 6.07) is 11.1. The highest BCUT2D eigenvalue weighted by Gasteiger charge is 2.16. The summed E-state index contributed by atoms with van der Waals surface area (Å²) in [7, 11) is 0. The second-order valence-electron chi connectivity index (χ2n) is 4.87. The Bertz CT molecular complexity index is 647. The van der Waals surface area contributed by atoms with E-state index >= 15 is 0 Å². The molecule has 0 saturated heterocycles. The van der Waals surface area contributed by atoms with Crippen LogP contribution in [-0.4, -0.2) is 5.78 Å². The number of carbonyl (C=O) groups excluding carboxylic acids is 1. The van der Waals surface area contributed by atoms with Gasteiger partial charge in [-0.15, -0.1) is 0 Å². The van der Waals surface area contributed by atoms with Crippen LogP contribution >= 0.6 is 0 Å². The molecule has 2 aromatic rings. The number of hydrogen-bond donors (Lipinski definition) is 2. The van der Waals surface area contributed by atoms with E-state index < -0.39 is 0 Å². The van der Waals surface area contributed by atoms with Gasteiger partial charge in [0.15, 0.2) is 5.78 Å². The largest absolute Gasteiger partial charge is 0.399 e. The Morgan fingerprint density at radius 3 is 2.30 bits per heavy atom. The molecule has 0 aliphatic heterocycles. The molecule has 0 saturated carbocycles. The highest BCUT2D eigenvalue weighted by atomic mass is 16.1. The van der Waals surface area contributed by atoms with Gasteiger partial charge in [-0.25, -0.2) is 0 Å². The summed E-state index contributed by atoms with van der Waals surface area (Å²) in [5, 5.41) is 0. The molecule has 0 unspecified atom stereocenters. The standard InChI is InChI=1S/C17H20N2O/c1-3-11-5-6-12(4-2)15(9-11)17(20)14-8-7-13(18)10-16(14)19/h5-10H,3-4,18-19H2,1-2H3. The molecule has 0 amide bonds. The van der Waals surface area contributed by atoms with E-state index in [1.165, 1.54) is 0 Å². The van der Waals surface area contributed by atoms with Gasteiger partial charge in [0.1, 0.15) is 0 Å². The molecule has 104 valence electrons. The van der Waals surface area contributed by atoms with Crippen molar-refractivity contribution >= 4 is 17.2 Å². The molecular formula is C17H20N2O. The fourth-order valence-electron chi connectivity index (χ4n) is 2.30. The van der Waals surface area contributed by atoms with Gasteiger partial charge in [0, 0.05) is 22.5 Å². The van der Waals surface area contributed by atoms with Gasteiger partial charge in [0.2, 0.25) is 0 Å². The van der Waals surface area contributed by atoms with Crippen LogP contribution in [-0.2, 0) is 12.8 Å². The van der Waals surface area contributed by atoms with Gasteiger partial charge in [-0.2, -0.15) is 0 Å². The number of ketones is 1. The zero-order valence-electron chi connectivity index (χ0n) is 11.9. The Balaban J connectivity index is 2.51. The number of hydrogen-bond acceptors (Lipinski definition) is 3. The van der Waals surface area contributed by atoms with E-state index in [0.717, 1.165) is 29.5 Å². The summed E-state index contributed by atoms with van der Waals surface area (Å²) < 4.78 is 0. The molecule has 0 radical (unpaired) electrons. The Labute approximate surface area is 119 Å². The third kappa shape index (κ3) is 2.67. The topological polar surface area (TPSA) is 69.1 Å². The van der Waals surface area contributed by atoms with Gasteiger partial charge in [-0.1, -0.05) is 26.0 Å². The lowest BCUT2D eigenvalue weighted by Crippen LogP contribution is -2.09. The average molecular weight is 268 g/mol. The first-order valence-electron chi connectivity index (χ1n) is 6.88. The number of nitrogens with two attached hydrogens (primary N) is 2. The maximum absolute atomic E-state index is 12.7. The highest BCUT2D eigenvalue weighted by Crippen LogP contribution is 2.23. The average Bonchev–Trinajstić information content (AvgIpc) is 2.46. The number of carbonyl (C=O) groups is 1. The van der Waals surface area contributed by atoms with E-state index in [0.29, 0.717) is 16.9 Å². The van der Waals surface area contributed by atoms with Crippen molar-refractivity contribution in [3.05, 3.63) is 58.7 Å². The first-order chi connectivity index (χ1) is 9.56. The second kappa shape index (κ2) is 5.78. The maximum atomic E-state index is 12.7. The van der Waals surface area contributed by atoms with Crippen LogP contribution in [0.25, 0.3) is 0 Å². The van der Waals surface area contributed by atoms with E-state index in [-0.39, 0.29) is 5.78 Å². The third-order valence-electron chi connectivity index (χ3n) is 3.53. The number of benzene rings is 2. The van der Waals surface area contributed by atoms with Crippen molar-refractivity contribution in [3.63, 3.8) is 0 Å². The van der Waals surface area contributed by atoms with Crippen molar-refractivity contribution in [1.29, 1.82) is 0 Å². The van der Waals surface area contributed by atoms with Crippen LogP contribution in [0.4, 0.5) is 11.4 Å². The molecule has 0 bridgehead atoms. The number of rotatable bonds is 4. The number of nitrogen functional groups attached to an aromatic ring is 2. The van der Waals surface area contributed by atoms with E-state index in [1.54, 1.807) is 18.2 Å². The third-order valence-corrected chi connectivity index (χ3v) is 3.53. The summed E-state index contributed by atoms with van der Waals surface area (Å²) in [5.74, 6) is -0.0327. The molecule has 0 aromatic heterocycles. The van der Waals surface area contributed by atoms with Crippen LogP contribution in [0.3, 0.4) is 0 Å². The van der Waals surface area contributed by atoms with Crippen molar-refractivity contribution in [3.8, 4) is 0 Å². The van der Waals surface area contributed by atoms with E-state index in [1.807, 2.05) is 19.1 Å². The molecule has 0 fully saturated rings. The Morgan fingerprint density at radius 1 is 0.950 bits per heavy atom. The predicted octanol–water partition coefficient (Wildman–Crippen LogP) is 3.21. The first kappa shape index (κ1) is 14.1. The van der Waals surface area contributed by atoms with Crippen molar-refractivity contribution in [2.45, 2.75) is 26.7 Å². The Kier molecular flexibility index (Phi) is 4.08. The van der Waals surface area contributed by atoms with E-state index in [9.17, 15) is 4.79 Å². The van der Waals surface area contributed by atoms with Gasteiger partial charge < -0.3 is 11.5 Å². The Morgan fingerprint density at radius 2 is 1.70 bits per heavy atom. The SMILES string of the molecule is CCc1ccc(CC)c(C(=O)c2ccc(N)cc2N)c1.